The first-order chi connectivity index (χ1) is 16.9. The maximum atomic E-state index is 11.6. The summed E-state index contributed by atoms with van der Waals surface area (Å²) in [5.74, 6) is -0.399. The van der Waals surface area contributed by atoms with Crippen LogP contribution in [0.5, 0.6) is 5.75 Å². The summed E-state index contributed by atoms with van der Waals surface area (Å²) in [7, 11) is 0. The molecular formula is C24H32N2O9. The SMILES string of the molecule is C=CC(=O)OCCCNC(=O)OCCOc1ccc(CCOC(=O)NCCCOC(=O)C=C)cc1. The van der Waals surface area contributed by atoms with Crippen molar-refractivity contribution in [3.05, 3.63) is 55.1 Å². The van der Waals surface area contributed by atoms with Crippen LogP contribution in [-0.4, -0.2) is 70.2 Å². The Labute approximate surface area is 204 Å². The van der Waals surface area contributed by atoms with Gasteiger partial charge >= 0.3 is 24.1 Å². The summed E-state index contributed by atoms with van der Waals surface area (Å²) in [6.45, 7) is 8.04. The van der Waals surface area contributed by atoms with Gasteiger partial charge in [0, 0.05) is 31.7 Å². The Bertz CT molecular complexity index is 825. The Morgan fingerprint density at radius 2 is 1.20 bits per heavy atom. The maximum Gasteiger partial charge on any atom is 0.407 e. The molecule has 0 unspecified atom stereocenters. The van der Waals surface area contributed by atoms with Gasteiger partial charge in [-0.15, -0.1) is 0 Å². The van der Waals surface area contributed by atoms with Gasteiger partial charge in [0.25, 0.3) is 0 Å². The molecule has 11 heteroatoms. The van der Waals surface area contributed by atoms with Crippen LogP contribution in [0.15, 0.2) is 49.6 Å². The summed E-state index contributed by atoms with van der Waals surface area (Å²) in [6, 6.07) is 7.23. The minimum Gasteiger partial charge on any atom is -0.490 e. The van der Waals surface area contributed by atoms with Crippen LogP contribution in [0.1, 0.15) is 18.4 Å². The number of rotatable bonds is 17. The van der Waals surface area contributed by atoms with Gasteiger partial charge in [-0.1, -0.05) is 25.3 Å². The quantitative estimate of drug-likeness (QED) is 0.145. The summed E-state index contributed by atoms with van der Waals surface area (Å²) in [5.41, 5.74) is 0.955. The van der Waals surface area contributed by atoms with Crippen LogP contribution in [0.4, 0.5) is 9.59 Å². The molecule has 0 fully saturated rings. The predicted molar refractivity (Wildman–Crippen MR) is 126 cm³/mol. The fourth-order valence-corrected chi connectivity index (χ4v) is 2.40. The molecule has 1 rings (SSSR count). The van der Waals surface area contributed by atoms with Crippen LogP contribution < -0.4 is 15.4 Å². The molecule has 0 saturated heterocycles. The third-order valence-electron chi connectivity index (χ3n) is 4.14. The molecule has 0 aliphatic carbocycles. The Morgan fingerprint density at radius 1 is 0.686 bits per heavy atom. The summed E-state index contributed by atoms with van der Waals surface area (Å²) < 4.78 is 25.2. The molecule has 0 bridgehead atoms. The lowest BCUT2D eigenvalue weighted by Crippen LogP contribution is -2.27. The first-order valence-electron chi connectivity index (χ1n) is 11.1. The zero-order chi connectivity index (χ0) is 25.7. The highest BCUT2D eigenvalue weighted by Crippen LogP contribution is 2.12. The fourth-order valence-electron chi connectivity index (χ4n) is 2.40. The molecule has 0 aliphatic heterocycles. The highest BCUT2D eigenvalue weighted by molar-refractivity contribution is 5.81. The topological polar surface area (TPSA) is 138 Å². The molecule has 0 spiro atoms. The number of ether oxygens (including phenoxy) is 5. The Balaban J connectivity index is 2.07. The largest absolute Gasteiger partial charge is 0.490 e. The summed E-state index contributed by atoms with van der Waals surface area (Å²) in [6.07, 6.45) is 2.49. The summed E-state index contributed by atoms with van der Waals surface area (Å²) in [4.78, 5) is 44.9. The van der Waals surface area contributed by atoms with Crippen LogP contribution in [0, 0.1) is 0 Å². The van der Waals surface area contributed by atoms with Crippen molar-refractivity contribution in [2.75, 3.05) is 46.1 Å². The Kier molecular flexibility index (Phi) is 15.3. The number of alkyl carbamates (subject to hydrolysis) is 2. The van der Waals surface area contributed by atoms with Crippen molar-refractivity contribution >= 4 is 24.1 Å². The van der Waals surface area contributed by atoms with E-state index in [1.807, 2.05) is 12.1 Å². The Hall–Kier alpha value is -4.02. The van der Waals surface area contributed by atoms with Gasteiger partial charge in [-0.2, -0.15) is 0 Å². The summed E-state index contributed by atoms with van der Waals surface area (Å²) >= 11 is 0. The molecule has 192 valence electrons. The van der Waals surface area contributed by atoms with Crippen LogP contribution >= 0.6 is 0 Å². The second-order valence-corrected chi connectivity index (χ2v) is 6.82. The van der Waals surface area contributed by atoms with E-state index in [0.29, 0.717) is 38.1 Å². The second kappa shape index (κ2) is 18.4. The summed E-state index contributed by atoms with van der Waals surface area (Å²) in [5, 5.41) is 5.11. The highest BCUT2D eigenvalue weighted by atomic mass is 16.6. The number of hydrogen-bond acceptors (Lipinski definition) is 9. The molecule has 35 heavy (non-hydrogen) atoms. The first-order valence-corrected chi connectivity index (χ1v) is 11.1. The van der Waals surface area contributed by atoms with Gasteiger partial charge in [0.05, 0.1) is 19.8 Å². The van der Waals surface area contributed by atoms with Crippen molar-refractivity contribution < 1.29 is 42.9 Å². The second-order valence-electron chi connectivity index (χ2n) is 6.82. The van der Waals surface area contributed by atoms with E-state index >= 15 is 0 Å². The molecule has 0 radical (unpaired) electrons. The third-order valence-corrected chi connectivity index (χ3v) is 4.14. The van der Waals surface area contributed by atoms with Gasteiger partial charge in [-0.05, 0) is 30.5 Å². The minimum atomic E-state index is -0.584. The molecular weight excluding hydrogens is 460 g/mol. The lowest BCUT2D eigenvalue weighted by molar-refractivity contribution is -0.138. The van der Waals surface area contributed by atoms with Crippen LogP contribution in [-0.2, 0) is 35.0 Å². The zero-order valence-electron chi connectivity index (χ0n) is 19.6. The molecule has 0 aliphatic rings. The van der Waals surface area contributed by atoms with E-state index in [1.165, 1.54) is 0 Å². The Morgan fingerprint density at radius 3 is 1.71 bits per heavy atom. The lowest BCUT2D eigenvalue weighted by atomic mass is 10.1. The molecule has 2 amide bonds. The van der Waals surface area contributed by atoms with Gasteiger partial charge in [-0.3, -0.25) is 0 Å². The number of amides is 2. The number of nitrogens with one attached hydrogen (secondary N) is 2. The number of carbonyl (C=O) groups is 4. The molecule has 1 aromatic carbocycles. The van der Waals surface area contributed by atoms with Crippen LogP contribution in [0.2, 0.25) is 0 Å². The third kappa shape index (κ3) is 15.4. The number of esters is 2. The van der Waals surface area contributed by atoms with Crippen molar-refractivity contribution in [1.29, 1.82) is 0 Å². The normalized spacial score (nSPS) is 9.83. The van der Waals surface area contributed by atoms with Crippen molar-refractivity contribution in [3.8, 4) is 5.75 Å². The molecule has 2 N–H and O–H groups in total. The van der Waals surface area contributed by atoms with Crippen LogP contribution in [0.3, 0.4) is 0 Å². The van der Waals surface area contributed by atoms with Crippen molar-refractivity contribution in [2.24, 2.45) is 0 Å². The van der Waals surface area contributed by atoms with E-state index < -0.39 is 24.1 Å². The average Bonchev–Trinajstić information content (AvgIpc) is 2.86. The van der Waals surface area contributed by atoms with Crippen molar-refractivity contribution in [3.63, 3.8) is 0 Å². The van der Waals surface area contributed by atoms with E-state index in [4.69, 9.17) is 23.7 Å². The van der Waals surface area contributed by atoms with E-state index in [1.54, 1.807) is 12.1 Å². The highest BCUT2D eigenvalue weighted by Gasteiger charge is 2.04. The van der Waals surface area contributed by atoms with Gasteiger partial charge < -0.3 is 34.3 Å². The molecule has 11 nitrogen and oxygen atoms in total. The van der Waals surface area contributed by atoms with E-state index in [2.05, 4.69) is 23.8 Å². The van der Waals surface area contributed by atoms with E-state index in [9.17, 15) is 19.2 Å². The van der Waals surface area contributed by atoms with Gasteiger partial charge in [0.15, 0.2) is 0 Å². The van der Waals surface area contributed by atoms with Crippen molar-refractivity contribution in [1.82, 2.24) is 10.6 Å². The lowest BCUT2D eigenvalue weighted by Gasteiger charge is -2.10. The average molecular weight is 493 g/mol. The first kappa shape index (κ1) is 29.0. The standard InChI is InChI=1S/C24H32N2O9/c1-3-21(27)32-14-5-12-25-23(29)34-16-11-19-7-9-20(10-8-19)31-17-18-35-24(30)26-13-6-15-33-22(28)4-2/h3-4,7-10H,1-2,5-6,11-18H2,(H,25,29)(H,26,30). The van der Waals surface area contributed by atoms with E-state index in [-0.39, 0.29) is 33.0 Å². The van der Waals surface area contributed by atoms with Gasteiger partial charge in [0.1, 0.15) is 19.0 Å². The number of hydrogen-bond donors (Lipinski definition) is 2. The minimum absolute atomic E-state index is 0.0681. The smallest absolute Gasteiger partial charge is 0.407 e. The monoisotopic (exact) mass is 492 g/mol. The van der Waals surface area contributed by atoms with E-state index in [0.717, 1.165) is 17.7 Å². The van der Waals surface area contributed by atoms with Gasteiger partial charge in [0.2, 0.25) is 0 Å². The van der Waals surface area contributed by atoms with Crippen LogP contribution in [0.25, 0.3) is 0 Å². The molecule has 0 aromatic heterocycles. The number of benzene rings is 1. The molecule has 0 heterocycles. The number of carbonyl (C=O) groups excluding carboxylic acids is 4. The molecule has 1 aromatic rings. The zero-order valence-corrected chi connectivity index (χ0v) is 19.6. The predicted octanol–water partition coefficient (Wildman–Crippen LogP) is 2.30. The molecule has 0 atom stereocenters. The van der Waals surface area contributed by atoms with Crippen molar-refractivity contribution in [2.45, 2.75) is 19.3 Å². The van der Waals surface area contributed by atoms with Gasteiger partial charge in [-0.25, -0.2) is 19.2 Å². The molecule has 0 saturated carbocycles. The fraction of sp³-hybridized carbons (Fsp3) is 0.417. The maximum absolute atomic E-state index is 11.6.